The summed E-state index contributed by atoms with van der Waals surface area (Å²) in [5.41, 5.74) is 1.66. The first-order valence-corrected chi connectivity index (χ1v) is 9.27. The van der Waals surface area contributed by atoms with Crippen LogP contribution in [0.25, 0.3) is 21.7 Å². The Balaban J connectivity index is 1.81. The molecule has 0 radical (unpaired) electrons. The fourth-order valence-corrected chi connectivity index (χ4v) is 3.28. The lowest BCUT2D eigenvalue weighted by atomic mass is 10.1. The van der Waals surface area contributed by atoms with Gasteiger partial charge in [-0.05, 0) is 31.5 Å². The van der Waals surface area contributed by atoms with E-state index in [-0.39, 0.29) is 22.8 Å². The van der Waals surface area contributed by atoms with E-state index in [0.29, 0.717) is 34.6 Å². The molecule has 0 aliphatic rings. The molecule has 8 heteroatoms. The number of hydrogen-bond acceptors (Lipinski definition) is 5. The zero-order valence-corrected chi connectivity index (χ0v) is 16.0. The van der Waals surface area contributed by atoms with Crippen LogP contribution in [-0.2, 0) is 6.54 Å². The van der Waals surface area contributed by atoms with Crippen molar-refractivity contribution in [3.63, 3.8) is 0 Å². The third-order valence-corrected chi connectivity index (χ3v) is 4.65. The first-order chi connectivity index (χ1) is 14.0. The predicted octanol–water partition coefficient (Wildman–Crippen LogP) is 4.23. The van der Waals surface area contributed by atoms with Crippen LogP contribution in [0.15, 0.2) is 57.5 Å². The Hall–Kier alpha value is -3.81. The smallest absolute Gasteiger partial charge is 0.316 e. The predicted molar refractivity (Wildman–Crippen MR) is 110 cm³/mol. The maximum absolute atomic E-state index is 12.8. The topological polar surface area (TPSA) is 113 Å². The summed E-state index contributed by atoms with van der Waals surface area (Å²) >= 11 is 0. The molecule has 0 saturated heterocycles. The van der Waals surface area contributed by atoms with E-state index in [9.17, 15) is 14.7 Å². The number of aryl methyl sites for hydroxylation is 2. The van der Waals surface area contributed by atoms with Gasteiger partial charge >= 0.3 is 5.91 Å². The number of aromatic amines is 1. The van der Waals surface area contributed by atoms with Crippen molar-refractivity contribution in [2.45, 2.75) is 26.8 Å². The van der Waals surface area contributed by atoms with Gasteiger partial charge in [0.05, 0.1) is 10.9 Å². The number of azo groups is 1. The third kappa shape index (κ3) is 3.29. The molecule has 2 N–H and O–H groups in total. The Morgan fingerprint density at radius 2 is 1.93 bits per heavy atom. The molecule has 8 nitrogen and oxygen atoms in total. The molecular weight excluding hydrogens is 370 g/mol. The van der Waals surface area contributed by atoms with Gasteiger partial charge in [-0.15, -0.1) is 10.2 Å². The molecule has 2 aromatic heterocycles. The summed E-state index contributed by atoms with van der Waals surface area (Å²) in [6.45, 7) is 4.23. The average molecular weight is 389 g/mol. The number of nitrogens with zero attached hydrogens (tertiary/aromatic N) is 4. The molecule has 0 bridgehead atoms. The Morgan fingerprint density at radius 1 is 1.17 bits per heavy atom. The highest BCUT2D eigenvalue weighted by molar-refractivity contribution is 6.05. The number of benzene rings is 2. The highest BCUT2D eigenvalue weighted by atomic mass is 16.3. The molecule has 4 aromatic rings. The van der Waals surface area contributed by atoms with Crippen molar-refractivity contribution in [1.82, 2.24) is 14.8 Å². The Morgan fingerprint density at radius 3 is 2.69 bits per heavy atom. The molecule has 1 amide bonds. The van der Waals surface area contributed by atoms with Crippen molar-refractivity contribution < 1.29 is 9.90 Å². The van der Waals surface area contributed by atoms with E-state index in [2.05, 4.69) is 20.3 Å². The number of aromatic hydroxyl groups is 1. The van der Waals surface area contributed by atoms with E-state index in [1.807, 2.05) is 32.0 Å². The number of rotatable bonds is 4. The molecule has 0 aliphatic heterocycles. The number of hydrogen-bond donors (Lipinski definition) is 2. The molecule has 0 fully saturated rings. The molecule has 0 aliphatic carbocycles. The van der Waals surface area contributed by atoms with Gasteiger partial charge in [-0.3, -0.25) is 9.59 Å². The number of nitrogens with one attached hydrogen (secondary N) is 1. The zero-order valence-electron chi connectivity index (χ0n) is 16.0. The van der Waals surface area contributed by atoms with E-state index >= 15 is 0 Å². The van der Waals surface area contributed by atoms with Crippen LogP contribution in [0.3, 0.4) is 0 Å². The van der Waals surface area contributed by atoms with E-state index in [1.54, 1.807) is 24.3 Å². The number of H-pyrrole nitrogens is 1. The second kappa shape index (κ2) is 7.31. The SMILES string of the molecule is CCCn1nc(C(=O)N=Nc2c(O)[nH]c3ccc(C)cc23)c2ccccc2c1=O. The molecular formula is C21H19N5O3. The second-order valence-electron chi connectivity index (χ2n) is 6.80. The number of amides is 1. The quantitative estimate of drug-likeness (QED) is 0.509. The first kappa shape index (κ1) is 18.5. The molecule has 4 rings (SSSR count). The van der Waals surface area contributed by atoms with Gasteiger partial charge in [-0.25, -0.2) is 4.68 Å². The monoisotopic (exact) mass is 389 g/mol. The third-order valence-electron chi connectivity index (χ3n) is 4.65. The minimum atomic E-state index is -0.688. The van der Waals surface area contributed by atoms with Crippen LogP contribution < -0.4 is 5.56 Å². The van der Waals surface area contributed by atoms with Crippen molar-refractivity contribution in [1.29, 1.82) is 0 Å². The normalized spacial score (nSPS) is 11.7. The summed E-state index contributed by atoms with van der Waals surface area (Å²) in [6.07, 6.45) is 0.697. The summed E-state index contributed by atoms with van der Waals surface area (Å²) < 4.78 is 1.28. The van der Waals surface area contributed by atoms with Gasteiger partial charge in [0, 0.05) is 17.3 Å². The lowest BCUT2D eigenvalue weighted by Crippen LogP contribution is -2.25. The molecule has 0 atom stereocenters. The average Bonchev–Trinajstić information content (AvgIpc) is 3.02. The van der Waals surface area contributed by atoms with Crippen molar-refractivity contribution >= 4 is 33.3 Å². The summed E-state index contributed by atoms with van der Waals surface area (Å²) in [7, 11) is 0. The largest absolute Gasteiger partial charge is 0.493 e. The second-order valence-corrected chi connectivity index (χ2v) is 6.80. The van der Waals surface area contributed by atoms with Crippen molar-refractivity contribution in [2.24, 2.45) is 10.2 Å². The van der Waals surface area contributed by atoms with Crippen LogP contribution in [0.2, 0.25) is 0 Å². The number of fused-ring (bicyclic) bond motifs is 2. The summed E-state index contributed by atoms with van der Waals surface area (Å²) in [5, 5.41) is 23.6. The van der Waals surface area contributed by atoms with Crippen LogP contribution >= 0.6 is 0 Å². The molecule has 2 heterocycles. The lowest BCUT2D eigenvalue weighted by molar-refractivity contribution is 0.0989. The molecule has 2 aromatic carbocycles. The van der Waals surface area contributed by atoms with E-state index in [1.165, 1.54) is 4.68 Å². The summed E-state index contributed by atoms with van der Waals surface area (Å²) in [6, 6.07) is 12.4. The highest BCUT2D eigenvalue weighted by Gasteiger charge is 2.17. The number of carbonyl (C=O) groups is 1. The van der Waals surface area contributed by atoms with Crippen LogP contribution in [0.5, 0.6) is 5.88 Å². The maximum Gasteiger partial charge on any atom is 0.316 e. The summed E-state index contributed by atoms with van der Waals surface area (Å²) in [5.74, 6) is -0.858. The summed E-state index contributed by atoms with van der Waals surface area (Å²) in [4.78, 5) is 28.2. The first-order valence-electron chi connectivity index (χ1n) is 9.27. The van der Waals surface area contributed by atoms with Crippen LogP contribution in [-0.4, -0.2) is 25.8 Å². The Kier molecular flexibility index (Phi) is 4.67. The molecule has 0 spiro atoms. The van der Waals surface area contributed by atoms with Gasteiger partial charge in [-0.2, -0.15) is 5.10 Å². The van der Waals surface area contributed by atoms with Crippen LogP contribution in [0.4, 0.5) is 5.69 Å². The Bertz CT molecular complexity index is 1330. The van der Waals surface area contributed by atoms with Gasteiger partial charge in [-0.1, -0.05) is 36.8 Å². The molecule has 146 valence electrons. The number of carbonyl (C=O) groups excluding carboxylic acids is 1. The fraction of sp³-hybridized carbons (Fsp3) is 0.190. The standard InChI is InChI=1S/C21H19N5O3/c1-3-10-26-21(29)14-7-5-4-6-13(14)18(25-26)20(28)24-23-17-15-11-12(2)8-9-16(15)22-19(17)27/h4-9,11,22,27H,3,10H2,1-2H3. The van der Waals surface area contributed by atoms with Gasteiger partial charge in [0.2, 0.25) is 5.88 Å². The van der Waals surface area contributed by atoms with Crippen LogP contribution in [0, 0.1) is 6.92 Å². The zero-order chi connectivity index (χ0) is 20.5. The van der Waals surface area contributed by atoms with E-state index in [0.717, 1.165) is 5.56 Å². The molecule has 0 saturated carbocycles. The fourth-order valence-electron chi connectivity index (χ4n) is 3.28. The van der Waals surface area contributed by atoms with Gasteiger partial charge in [0.1, 0.15) is 0 Å². The van der Waals surface area contributed by atoms with Gasteiger partial charge < -0.3 is 10.1 Å². The minimum Gasteiger partial charge on any atom is -0.493 e. The van der Waals surface area contributed by atoms with E-state index in [4.69, 9.17) is 0 Å². The highest BCUT2D eigenvalue weighted by Crippen LogP contribution is 2.36. The minimum absolute atomic E-state index is 0.0490. The van der Waals surface area contributed by atoms with Crippen molar-refractivity contribution in [3.8, 4) is 5.88 Å². The van der Waals surface area contributed by atoms with Gasteiger partial charge in [0.25, 0.3) is 5.56 Å². The number of aromatic nitrogens is 3. The molecule has 29 heavy (non-hydrogen) atoms. The Labute approximate surface area is 165 Å². The molecule has 0 unspecified atom stereocenters. The van der Waals surface area contributed by atoms with Gasteiger partial charge in [0.15, 0.2) is 11.4 Å². The van der Waals surface area contributed by atoms with Crippen LogP contribution in [0.1, 0.15) is 29.4 Å². The van der Waals surface area contributed by atoms with E-state index < -0.39 is 5.91 Å². The van der Waals surface area contributed by atoms with Crippen molar-refractivity contribution in [3.05, 3.63) is 64.1 Å². The maximum atomic E-state index is 12.8. The lowest BCUT2D eigenvalue weighted by Gasteiger charge is -2.07. The van der Waals surface area contributed by atoms with Crippen molar-refractivity contribution in [2.75, 3.05) is 0 Å².